The fourth-order valence-corrected chi connectivity index (χ4v) is 3.32. The van der Waals surface area contributed by atoms with E-state index in [-0.39, 0.29) is 24.7 Å². The van der Waals surface area contributed by atoms with Gasteiger partial charge in [-0.2, -0.15) is 10.1 Å². The minimum atomic E-state index is -0.436. The van der Waals surface area contributed by atoms with Crippen LogP contribution >= 0.6 is 0 Å². The smallest absolute Gasteiger partial charge is 0.307 e. The van der Waals surface area contributed by atoms with Gasteiger partial charge in [0.05, 0.1) is 19.6 Å². The van der Waals surface area contributed by atoms with E-state index in [1.165, 1.54) is 13.4 Å². The maximum Gasteiger partial charge on any atom is 0.307 e. The van der Waals surface area contributed by atoms with E-state index in [0.717, 1.165) is 28.1 Å². The van der Waals surface area contributed by atoms with Crippen molar-refractivity contribution < 1.29 is 14.3 Å². The average molecular weight is 395 g/mol. The van der Waals surface area contributed by atoms with Crippen LogP contribution in [0.5, 0.6) is 0 Å². The molecule has 8 nitrogen and oxygen atoms in total. The van der Waals surface area contributed by atoms with E-state index in [1.54, 1.807) is 4.52 Å². The first-order valence-electron chi connectivity index (χ1n) is 9.47. The molecule has 1 amide bonds. The van der Waals surface area contributed by atoms with Crippen LogP contribution < -0.4 is 5.32 Å². The molecular weight excluding hydrogens is 370 g/mol. The molecule has 1 aromatic carbocycles. The minimum absolute atomic E-state index is 0.0792. The van der Waals surface area contributed by atoms with Crippen molar-refractivity contribution in [1.82, 2.24) is 24.9 Å². The van der Waals surface area contributed by atoms with E-state index < -0.39 is 6.04 Å². The number of carbonyl (C=O) groups is 2. The number of aryl methyl sites for hydroxylation is 3. The summed E-state index contributed by atoms with van der Waals surface area (Å²) in [6.45, 7) is 5.83. The van der Waals surface area contributed by atoms with Crippen molar-refractivity contribution >= 4 is 17.7 Å². The Kier molecular flexibility index (Phi) is 6.21. The van der Waals surface area contributed by atoms with Gasteiger partial charge in [-0.25, -0.2) is 9.50 Å². The number of methoxy groups -OCH3 is 1. The highest BCUT2D eigenvalue weighted by Crippen LogP contribution is 2.19. The van der Waals surface area contributed by atoms with Crippen molar-refractivity contribution in [2.45, 2.75) is 46.1 Å². The number of nitrogens with one attached hydrogen (secondary N) is 1. The van der Waals surface area contributed by atoms with Gasteiger partial charge in [0.25, 0.3) is 5.78 Å². The first kappa shape index (κ1) is 20.4. The van der Waals surface area contributed by atoms with Crippen molar-refractivity contribution in [3.8, 4) is 0 Å². The molecule has 0 aliphatic carbocycles. The zero-order valence-electron chi connectivity index (χ0n) is 17.1. The largest absolute Gasteiger partial charge is 0.469 e. The van der Waals surface area contributed by atoms with Gasteiger partial charge in [0, 0.05) is 17.8 Å². The summed E-state index contributed by atoms with van der Waals surface area (Å²) in [5.41, 5.74) is 4.70. The predicted molar refractivity (Wildman–Crippen MR) is 107 cm³/mol. The van der Waals surface area contributed by atoms with Crippen LogP contribution in [0.3, 0.4) is 0 Å². The lowest BCUT2D eigenvalue weighted by molar-refractivity contribution is -0.141. The van der Waals surface area contributed by atoms with Crippen molar-refractivity contribution in [3.63, 3.8) is 0 Å². The molecule has 0 saturated carbocycles. The highest BCUT2D eigenvalue weighted by atomic mass is 16.5. The third-order valence-electron chi connectivity index (χ3n) is 5.00. The number of hydrogen-bond acceptors (Lipinski definition) is 6. The quantitative estimate of drug-likeness (QED) is 0.617. The average Bonchev–Trinajstić information content (AvgIpc) is 3.16. The van der Waals surface area contributed by atoms with Crippen LogP contribution in [0.15, 0.2) is 30.6 Å². The van der Waals surface area contributed by atoms with Gasteiger partial charge in [-0.3, -0.25) is 9.59 Å². The van der Waals surface area contributed by atoms with Gasteiger partial charge in [0.1, 0.15) is 6.33 Å². The van der Waals surface area contributed by atoms with E-state index in [0.29, 0.717) is 12.2 Å². The molecule has 3 rings (SSSR count). The molecule has 1 atom stereocenters. The maximum absolute atomic E-state index is 12.7. The van der Waals surface area contributed by atoms with Crippen molar-refractivity contribution in [1.29, 1.82) is 0 Å². The van der Waals surface area contributed by atoms with Gasteiger partial charge < -0.3 is 10.1 Å². The SMILES string of the molecule is COC(=O)CC(NC(=O)CCc1c(C)nc2ncnn2c1C)c1ccc(C)cc1. The van der Waals surface area contributed by atoms with Crippen molar-refractivity contribution in [2.24, 2.45) is 0 Å². The fourth-order valence-electron chi connectivity index (χ4n) is 3.32. The zero-order chi connectivity index (χ0) is 21.0. The molecule has 0 aliphatic heterocycles. The van der Waals surface area contributed by atoms with Crippen molar-refractivity contribution in [3.05, 3.63) is 58.7 Å². The molecule has 0 bridgehead atoms. The Morgan fingerprint density at radius 1 is 1.17 bits per heavy atom. The molecule has 1 N–H and O–H groups in total. The Morgan fingerprint density at radius 2 is 1.90 bits per heavy atom. The highest BCUT2D eigenvalue weighted by Gasteiger charge is 2.20. The van der Waals surface area contributed by atoms with Gasteiger partial charge in [-0.1, -0.05) is 29.8 Å². The summed E-state index contributed by atoms with van der Waals surface area (Å²) in [4.78, 5) is 33.0. The minimum Gasteiger partial charge on any atom is -0.469 e. The predicted octanol–water partition coefficient (Wildman–Crippen LogP) is 2.40. The Labute approximate surface area is 169 Å². The fraction of sp³-hybridized carbons (Fsp3) is 0.381. The molecule has 0 spiro atoms. The second-order valence-corrected chi connectivity index (χ2v) is 7.04. The second kappa shape index (κ2) is 8.81. The lowest BCUT2D eigenvalue weighted by Gasteiger charge is -2.19. The van der Waals surface area contributed by atoms with Crippen LogP contribution in [0, 0.1) is 20.8 Å². The number of amides is 1. The molecule has 152 valence electrons. The Bertz CT molecular complexity index is 1030. The lowest BCUT2D eigenvalue weighted by atomic mass is 10.0. The molecule has 1 unspecified atom stereocenters. The van der Waals surface area contributed by atoms with Gasteiger partial charge in [0.15, 0.2) is 0 Å². The highest BCUT2D eigenvalue weighted by molar-refractivity contribution is 5.78. The first-order chi connectivity index (χ1) is 13.9. The summed E-state index contributed by atoms with van der Waals surface area (Å²) in [5.74, 6) is 0.0334. The standard InChI is InChI=1S/C21H25N5O3/c1-13-5-7-16(8-6-13)18(11-20(28)29-4)25-19(27)10-9-17-14(2)24-21-22-12-23-26(21)15(17)3/h5-8,12,18H,9-11H2,1-4H3,(H,25,27). The monoisotopic (exact) mass is 395 g/mol. The van der Waals surface area contributed by atoms with E-state index in [2.05, 4.69) is 20.4 Å². The Morgan fingerprint density at radius 3 is 2.59 bits per heavy atom. The van der Waals surface area contributed by atoms with E-state index in [9.17, 15) is 9.59 Å². The molecule has 0 aliphatic rings. The molecule has 29 heavy (non-hydrogen) atoms. The number of benzene rings is 1. The van der Waals surface area contributed by atoms with E-state index >= 15 is 0 Å². The molecular formula is C21H25N5O3. The van der Waals surface area contributed by atoms with Gasteiger partial charge in [0.2, 0.25) is 5.91 Å². The number of aromatic nitrogens is 4. The zero-order valence-corrected chi connectivity index (χ0v) is 17.1. The third-order valence-corrected chi connectivity index (χ3v) is 5.00. The molecule has 0 radical (unpaired) electrons. The number of fused-ring (bicyclic) bond motifs is 1. The summed E-state index contributed by atoms with van der Waals surface area (Å²) in [7, 11) is 1.34. The van der Waals surface area contributed by atoms with Crippen LogP contribution in [0.2, 0.25) is 0 Å². The van der Waals surface area contributed by atoms with Crippen LogP contribution in [0.1, 0.15) is 47.0 Å². The first-order valence-corrected chi connectivity index (χ1v) is 9.47. The molecule has 3 aromatic rings. The normalized spacial score (nSPS) is 12.0. The molecule has 0 saturated heterocycles. The van der Waals surface area contributed by atoms with E-state index in [1.807, 2.05) is 45.0 Å². The van der Waals surface area contributed by atoms with Gasteiger partial charge in [-0.05, 0) is 38.3 Å². The summed E-state index contributed by atoms with van der Waals surface area (Å²) < 4.78 is 6.46. The Balaban J connectivity index is 1.71. The summed E-state index contributed by atoms with van der Waals surface area (Å²) in [6, 6.07) is 7.31. The molecule has 0 fully saturated rings. The lowest BCUT2D eigenvalue weighted by Crippen LogP contribution is -2.30. The maximum atomic E-state index is 12.7. The number of hydrogen-bond donors (Lipinski definition) is 1. The topological polar surface area (TPSA) is 98.5 Å². The Hall–Kier alpha value is -3.29. The molecule has 2 aromatic heterocycles. The summed E-state index contributed by atoms with van der Waals surface area (Å²) >= 11 is 0. The number of carbonyl (C=O) groups excluding carboxylic acids is 2. The van der Waals surface area contributed by atoms with Crippen molar-refractivity contribution in [2.75, 3.05) is 7.11 Å². The van der Waals surface area contributed by atoms with Crippen LogP contribution in [0.25, 0.3) is 5.78 Å². The summed E-state index contributed by atoms with van der Waals surface area (Å²) in [5, 5.41) is 7.14. The second-order valence-electron chi connectivity index (χ2n) is 7.04. The molecule has 8 heteroatoms. The van der Waals surface area contributed by atoms with Gasteiger partial charge in [-0.15, -0.1) is 0 Å². The van der Waals surface area contributed by atoms with Gasteiger partial charge >= 0.3 is 5.97 Å². The van der Waals surface area contributed by atoms with E-state index in [4.69, 9.17) is 4.74 Å². The number of esters is 1. The van der Waals surface area contributed by atoms with Crippen LogP contribution in [0.4, 0.5) is 0 Å². The molecule has 2 heterocycles. The number of ether oxygens (including phenoxy) is 1. The van der Waals surface area contributed by atoms with Crippen LogP contribution in [-0.2, 0) is 20.7 Å². The third kappa shape index (κ3) is 4.77. The number of nitrogens with zero attached hydrogens (tertiary/aromatic N) is 4. The summed E-state index contributed by atoms with van der Waals surface area (Å²) in [6.07, 6.45) is 2.33. The van der Waals surface area contributed by atoms with Crippen LogP contribution in [-0.4, -0.2) is 38.6 Å². The number of rotatable bonds is 7.